The first kappa shape index (κ1) is 14.1. The number of nitrogens with zero attached hydrogens (tertiary/aromatic N) is 1. The third-order valence-corrected chi connectivity index (χ3v) is 3.29. The minimum absolute atomic E-state index is 0.0234. The third kappa shape index (κ3) is 3.61. The van der Waals surface area contributed by atoms with Crippen LogP contribution in [0.25, 0.3) is 0 Å². The Kier molecular flexibility index (Phi) is 4.41. The molecule has 1 aromatic carbocycles. The van der Waals surface area contributed by atoms with E-state index in [1.165, 1.54) is 29.5 Å². The van der Waals surface area contributed by atoms with Gasteiger partial charge in [0, 0.05) is 11.8 Å². The lowest BCUT2D eigenvalue weighted by Crippen LogP contribution is -2.13. The number of aromatic nitrogens is 1. The molecule has 1 heterocycles. The van der Waals surface area contributed by atoms with Gasteiger partial charge in [-0.2, -0.15) is 0 Å². The molecular formula is C13H11FN2O3S. The molecule has 0 radical (unpaired) electrons. The van der Waals surface area contributed by atoms with E-state index in [9.17, 15) is 14.0 Å². The number of thiazole rings is 1. The van der Waals surface area contributed by atoms with Crippen molar-refractivity contribution in [2.45, 2.75) is 12.8 Å². The monoisotopic (exact) mass is 294 g/mol. The van der Waals surface area contributed by atoms with E-state index in [2.05, 4.69) is 10.3 Å². The number of carboxylic acid groups (broad SMARTS) is 1. The van der Waals surface area contributed by atoms with Crippen molar-refractivity contribution in [1.29, 1.82) is 0 Å². The number of amides is 1. The highest BCUT2D eigenvalue weighted by Gasteiger charge is 2.13. The number of hydrogen-bond donors (Lipinski definition) is 2. The van der Waals surface area contributed by atoms with Gasteiger partial charge in [0.15, 0.2) is 5.13 Å². The lowest BCUT2D eigenvalue weighted by atomic mass is 10.2. The summed E-state index contributed by atoms with van der Waals surface area (Å²) in [5, 5.41) is 13.0. The second kappa shape index (κ2) is 6.25. The maximum absolute atomic E-state index is 13.4. The first-order chi connectivity index (χ1) is 9.56. The molecule has 2 aromatic rings. The number of carbonyl (C=O) groups excluding carboxylic acids is 1. The number of aliphatic carboxylic acids is 1. The van der Waals surface area contributed by atoms with Gasteiger partial charge in [-0.05, 0) is 12.1 Å². The van der Waals surface area contributed by atoms with E-state index in [1.54, 1.807) is 11.4 Å². The van der Waals surface area contributed by atoms with E-state index < -0.39 is 17.7 Å². The molecule has 1 aromatic heterocycles. The molecule has 0 fully saturated rings. The Morgan fingerprint density at radius 1 is 1.35 bits per heavy atom. The molecule has 20 heavy (non-hydrogen) atoms. The molecule has 0 aliphatic heterocycles. The van der Waals surface area contributed by atoms with Crippen LogP contribution in [0.15, 0.2) is 29.6 Å². The van der Waals surface area contributed by atoms with E-state index in [-0.39, 0.29) is 12.0 Å². The molecule has 0 unspecified atom stereocenters. The van der Waals surface area contributed by atoms with E-state index >= 15 is 0 Å². The predicted octanol–water partition coefficient (Wildman–Crippen LogP) is 2.55. The van der Waals surface area contributed by atoms with Gasteiger partial charge in [0.05, 0.1) is 17.7 Å². The smallest absolute Gasteiger partial charge is 0.303 e. The quantitative estimate of drug-likeness (QED) is 0.888. The minimum atomic E-state index is -0.907. The lowest BCUT2D eigenvalue weighted by molar-refractivity contribution is -0.136. The van der Waals surface area contributed by atoms with Gasteiger partial charge in [-0.25, -0.2) is 9.37 Å². The van der Waals surface area contributed by atoms with Gasteiger partial charge in [0.25, 0.3) is 5.91 Å². The predicted molar refractivity (Wildman–Crippen MR) is 72.4 cm³/mol. The normalized spacial score (nSPS) is 10.2. The third-order valence-electron chi connectivity index (χ3n) is 2.49. The molecule has 0 saturated carbocycles. The average Bonchev–Trinajstić information content (AvgIpc) is 2.84. The van der Waals surface area contributed by atoms with Crippen LogP contribution < -0.4 is 5.32 Å². The zero-order chi connectivity index (χ0) is 14.5. The van der Waals surface area contributed by atoms with Crippen molar-refractivity contribution in [2.24, 2.45) is 0 Å². The van der Waals surface area contributed by atoms with Gasteiger partial charge in [-0.1, -0.05) is 12.1 Å². The first-order valence-electron chi connectivity index (χ1n) is 5.78. The number of carbonyl (C=O) groups is 2. The zero-order valence-electron chi connectivity index (χ0n) is 10.3. The molecule has 0 aliphatic rings. The molecule has 1 amide bonds. The van der Waals surface area contributed by atoms with E-state index in [0.29, 0.717) is 17.2 Å². The Hall–Kier alpha value is -2.28. The highest BCUT2D eigenvalue weighted by molar-refractivity contribution is 7.13. The van der Waals surface area contributed by atoms with Crippen molar-refractivity contribution >= 4 is 28.3 Å². The van der Waals surface area contributed by atoms with Crippen molar-refractivity contribution < 1.29 is 19.1 Å². The number of aryl methyl sites for hydroxylation is 1. The molecule has 0 atom stereocenters. The van der Waals surface area contributed by atoms with Crippen molar-refractivity contribution in [2.75, 3.05) is 5.32 Å². The summed E-state index contributed by atoms with van der Waals surface area (Å²) in [6.45, 7) is 0. The fourth-order valence-electron chi connectivity index (χ4n) is 1.52. The highest BCUT2D eigenvalue weighted by atomic mass is 32.1. The number of anilines is 1. The maximum atomic E-state index is 13.4. The average molecular weight is 294 g/mol. The van der Waals surface area contributed by atoms with Crippen LogP contribution in [0.1, 0.15) is 22.5 Å². The van der Waals surface area contributed by atoms with Crippen LogP contribution in [-0.2, 0) is 11.2 Å². The van der Waals surface area contributed by atoms with Crippen molar-refractivity contribution in [1.82, 2.24) is 4.98 Å². The molecule has 0 aliphatic carbocycles. The summed E-state index contributed by atoms with van der Waals surface area (Å²) in [5.41, 5.74) is 0.524. The Balaban J connectivity index is 2.02. The Labute approximate surface area is 118 Å². The SMILES string of the molecule is O=C(O)CCc1csc(NC(=O)c2ccccc2F)n1. The van der Waals surface area contributed by atoms with Crippen LogP contribution in [0.3, 0.4) is 0 Å². The Morgan fingerprint density at radius 2 is 2.10 bits per heavy atom. The number of carboxylic acids is 1. The van der Waals surface area contributed by atoms with Crippen molar-refractivity contribution in [3.63, 3.8) is 0 Å². The molecule has 104 valence electrons. The Bertz CT molecular complexity index is 642. The van der Waals surface area contributed by atoms with Crippen LogP contribution >= 0.6 is 11.3 Å². The lowest BCUT2D eigenvalue weighted by Gasteiger charge is -2.02. The van der Waals surface area contributed by atoms with Crippen LogP contribution in [0, 0.1) is 5.82 Å². The van der Waals surface area contributed by atoms with Crippen molar-refractivity contribution in [3.05, 3.63) is 46.7 Å². The summed E-state index contributed by atoms with van der Waals surface area (Å²) in [4.78, 5) is 26.4. The molecule has 0 saturated heterocycles. The van der Waals surface area contributed by atoms with Gasteiger partial charge < -0.3 is 5.11 Å². The van der Waals surface area contributed by atoms with Crippen LogP contribution in [0.5, 0.6) is 0 Å². The van der Waals surface area contributed by atoms with Gasteiger partial charge in [0.2, 0.25) is 0 Å². The van der Waals surface area contributed by atoms with Gasteiger partial charge in [0.1, 0.15) is 5.82 Å². The summed E-state index contributed by atoms with van der Waals surface area (Å²) >= 11 is 1.17. The molecule has 2 N–H and O–H groups in total. The van der Waals surface area contributed by atoms with Gasteiger partial charge >= 0.3 is 5.97 Å². The summed E-state index contributed by atoms with van der Waals surface area (Å²) in [6, 6.07) is 5.65. The molecule has 0 bridgehead atoms. The van der Waals surface area contributed by atoms with Crippen LogP contribution in [0.4, 0.5) is 9.52 Å². The fourth-order valence-corrected chi connectivity index (χ4v) is 2.26. The van der Waals surface area contributed by atoms with E-state index in [4.69, 9.17) is 5.11 Å². The summed E-state index contributed by atoms with van der Waals surface area (Å²) in [6.07, 6.45) is 0.270. The number of halogens is 1. The number of hydrogen-bond acceptors (Lipinski definition) is 4. The van der Waals surface area contributed by atoms with Gasteiger partial charge in [-0.3, -0.25) is 14.9 Å². The van der Waals surface area contributed by atoms with Crippen molar-refractivity contribution in [3.8, 4) is 0 Å². The highest BCUT2D eigenvalue weighted by Crippen LogP contribution is 2.18. The number of rotatable bonds is 5. The fraction of sp³-hybridized carbons (Fsp3) is 0.154. The standard InChI is InChI=1S/C13H11FN2O3S/c14-10-4-2-1-3-9(10)12(19)16-13-15-8(7-20-13)5-6-11(17)18/h1-4,7H,5-6H2,(H,17,18)(H,15,16,19). The van der Waals surface area contributed by atoms with Crippen LogP contribution in [0.2, 0.25) is 0 Å². The van der Waals surface area contributed by atoms with Crippen LogP contribution in [-0.4, -0.2) is 22.0 Å². The second-order valence-corrected chi connectivity index (χ2v) is 4.83. The molecule has 0 spiro atoms. The van der Waals surface area contributed by atoms with Gasteiger partial charge in [-0.15, -0.1) is 11.3 Å². The number of nitrogens with one attached hydrogen (secondary N) is 1. The molecule has 2 rings (SSSR count). The minimum Gasteiger partial charge on any atom is -0.481 e. The summed E-state index contributed by atoms with van der Waals surface area (Å²) in [5.74, 6) is -2.09. The largest absolute Gasteiger partial charge is 0.481 e. The molecular weight excluding hydrogens is 283 g/mol. The Morgan fingerprint density at radius 3 is 2.80 bits per heavy atom. The number of benzene rings is 1. The maximum Gasteiger partial charge on any atom is 0.303 e. The zero-order valence-corrected chi connectivity index (χ0v) is 11.1. The van der Waals surface area contributed by atoms with E-state index in [1.807, 2.05) is 0 Å². The summed E-state index contributed by atoms with van der Waals surface area (Å²) in [7, 11) is 0. The summed E-state index contributed by atoms with van der Waals surface area (Å²) < 4.78 is 13.4. The topological polar surface area (TPSA) is 79.3 Å². The molecule has 7 heteroatoms. The van der Waals surface area contributed by atoms with E-state index in [0.717, 1.165) is 0 Å². The first-order valence-corrected chi connectivity index (χ1v) is 6.66. The second-order valence-electron chi connectivity index (χ2n) is 3.97. The molecule has 5 nitrogen and oxygen atoms in total.